The molecule has 0 aliphatic rings. The van der Waals surface area contributed by atoms with E-state index in [1.54, 1.807) is 0 Å². The predicted molar refractivity (Wildman–Crippen MR) is 91.5 cm³/mol. The van der Waals surface area contributed by atoms with Crippen molar-refractivity contribution in [1.82, 2.24) is 0 Å². The number of aliphatic hydroxyl groups is 1. The summed E-state index contributed by atoms with van der Waals surface area (Å²) in [4.78, 5) is 10.9. The Kier molecular flexibility index (Phi) is 14.2. The van der Waals surface area contributed by atoms with Crippen LogP contribution < -0.4 is 0 Å². The number of unbranched alkanes of at least 4 members (excludes halogenated alkanes) is 8. The fourth-order valence-electron chi connectivity index (χ4n) is 2.32. The zero-order valence-corrected chi connectivity index (χ0v) is 14.7. The summed E-state index contributed by atoms with van der Waals surface area (Å²) in [6, 6.07) is 0. The summed E-state index contributed by atoms with van der Waals surface area (Å²) in [6.45, 7) is 5.53. The van der Waals surface area contributed by atoms with Crippen LogP contribution in [0.15, 0.2) is 0 Å². The first-order valence-electron chi connectivity index (χ1n) is 8.96. The lowest BCUT2D eigenvalue weighted by Gasteiger charge is -2.08. The van der Waals surface area contributed by atoms with E-state index in [-0.39, 0.29) is 5.97 Å². The van der Waals surface area contributed by atoms with E-state index in [4.69, 9.17) is 4.74 Å². The molecule has 0 spiro atoms. The second kappa shape index (κ2) is 14.9. The Labute approximate surface area is 136 Å². The standard InChI is InChI=1S/C19H34O3/c1-4-6-7-8-9-10-11-12-13-14-18(21)15-16-19(5-2)22-17(3)20/h18-19,21H,4-14H2,1-3H3. The van der Waals surface area contributed by atoms with Crippen LogP contribution in [0.25, 0.3) is 0 Å². The number of carbonyl (C=O) groups is 1. The molecule has 0 saturated heterocycles. The highest BCUT2D eigenvalue weighted by atomic mass is 16.5. The first-order chi connectivity index (χ1) is 10.6. The molecule has 2 atom stereocenters. The van der Waals surface area contributed by atoms with E-state index in [0.29, 0.717) is 12.8 Å². The maximum absolute atomic E-state index is 10.9. The largest absolute Gasteiger partial charge is 0.449 e. The van der Waals surface area contributed by atoms with Crippen LogP contribution in [0.1, 0.15) is 91.4 Å². The normalized spacial score (nSPS) is 13.1. The quantitative estimate of drug-likeness (QED) is 0.325. The predicted octanol–water partition coefficient (Wildman–Crippen LogP) is 4.61. The second-order valence-electron chi connectivity index (χ2n) is 5.93. The molecule has 0 fully saturated rings. The molecule has 128 valence electrons. The number of aliphatic hydroxyl groups excluding tert-OH is 1. The zero-order valence-electron chi connectivity index (χ0n) is 14.7. The van der Waals surface area contributed by atoms with E-state index in [1.165, 1.54) is 51.9 Å². The fraction of sp³-hybridized carbons (Fsp3) is 0.842. The molecule has 0 rings (SSSR count). The van der Waals surface area contributed by atoms with E-state index < -0.39 is 12.2 Å². The molecule has 22 heavy (non-hydrogen) atoms. The molecule has 0 radical (unpaired) electrons. The second-order valence-corrected chi connectivity index (χ2v) is 5.93. The van der Waals surface area contributed by atoms with Crippen molar-refractivity contribution in [1.29, 1.82) is 0 Å². The molecule has 0 heterocycles. The molecule has 2 unspecified atom stereocenters. The van der Waals surface area contributed by atoms with Crippen molar-refractivity contribution in [3.05, 3.63) is 0 Å². The number of esters is 1. The van der Waals surface area contributed by atoms with Gasteiger partial charge in [-0.25, -0.2) is 0 Å². The van der Waals surface area contributed by atoms with E-state index in [1.807, 2.05) is 6.92 Å². The summed E-state index contributed by atoms with van der Waals surface area (Å²) in [5.74, 6) is 5.31. The summed E-state index contributed by atoms with van der Waals surface area (Å²) in [6.07, 6.45) is 11.8. The van der Waals surface area contributed by atoms with Gasteiger partial charge in [-0.3, -0.25) is 4.79 Å². The molecule has 0 aromatic carbocycles. The SMILES string of the molecule is CCCCCCCCCCCC(O)C#CC(CC)OC(C)=O. The lowest BCUT2D eigenvalue weighted by atomic mass is 10.1. The van der Waals surface area contributed by atoms with Crippen LogP contribution in [-0.4, -0.2) is 23.3 Å². The number of carbonyl (C=O) groups excluding carboxylic acids is 1. The summed E-state index contributed by atoms with van der Waals surface area (Å²) in [5.41, 5.74) is 0. The van der Waals surface area contributed by atoms with Crippen LogP contribution in [0.3, 0.4) is 0 Å². The van der Waals surface area contributed by atoms with Crippen LogP contribution in [0.5, 0.6) is 0 Å². The molecule has 0 aromatic heterocycles. The van der Waals surface area contributed by atoms with Gasteiger partial charge in [-0.2, -0.15) is 0 Å². The molecule has 3 heteroatoms. The minimum Gasteiger partial charge on any atom is -0.449 e. The van der Waals surface area contributed by atoms with Gasteiger partial charge in [0.05, 0.1) is 0 Å². The Balaban J connectivity index is 3.61. The average molecular weight is 310 g/mol. The van der Waals surface area contributed by atoms with Crippen molar-refractivity contribution >= 4 is 5.97 Å². The first-order valence-corrected chi connectivity index (χ1v) is 8.96. The molecular weight excluding hydrogens is 276 g/mol. The molecular formula is C19H34O3. The van der Waals surface area contributed by atoms with Gasteiger partial charge in [0, 0.05) is 6.92 Å². The first kappa shape index (κ1) is 21.0. The molecule has 1 N–H and O–H groups in total. The monoisotopic (exact) mass is 310 g/mol. The van der Waals surface area contributed by atoms with Crippen LogP contribution in [-0.2, 0) is 9.53 Å². The Morgan fingerprint density at radius 2 is 1.50 bits per heavy atom. The molecule has 0 amide bonds. The maximum atomic E-state index is 10.9. The topological polar surface area (TPSA) is 46.5 Å². The summed E-state index contributed by atoms with van der Waals surface area (Å²) >= 11 is 0. The summed E-state index contributed by atoms with van der Waals surface area (Å²) in [7, 11) is 0. The minimum atomic E-state index is -0.603. The van der Waals surface area contributed by atoms with Crippen LogP contribution in [0, 0.1) is 11.8 Å². The van der Waals surface area contributed by atoms with E-state index in [0.717, 1.165) is 12.8 Å². The van der Waals surface area contributed by atoms with Gasteiger partial charge in [0.1, 0.15) is 6.10 Å². The van der Waals surface area contributed by atoms with Crippen LogP contribution in [0.2, 0.25) is 0 Å². The number of hydrogen-bond donors (Lipinski definition) is 1. The van der Waals surface area contributed by atoms with E-state index in [2.05, 4.69) is 18.8 Å². The molecule has 3 nitrogen and oxygen atoms in total. The van der Waals surface area contributed by atoms with Crippen molar-refractivity contribution in [2.75, 3.05) is 0 Å². The number of ether oxygens (including phenoxy) is 1. The fourth-order valence-corrected chi connectivity index (χ4v) is 2.32. The third-order valence-electron chi connectivity index (χ3n) is 3.67. The van der Waals surface area contributed by atoms with Crippen molar-refractivity contribution in [3.63, 3.8) is 0 Å². The van der Waals surface area contributed by atoms with Gasteiger partial charge in [0.25, 0.3) is 0 Å². The van der Waals surface area contributed by atoms with Crippen molar-refractivity contribution in [2.24, 2.45) is 0 Å². The zero-order chi connectivity index (χ0) is 16.6. The van der Waals surface area contributed by atoms with Crippen molar-refractivity contribution < 1.29 is 14.6 Å². The molecule has 0 bridgehead atoms. The van der Waals surface area contributed by atoms with E-state index in [9.17, 15) is 9.90 Å². The van der Waals surface area contributed by atoms with Crippen molar-refractivity contribution in [3.8, 4) is 11.8 Å². The molecule has 0 saturated carbocycles. The average Bonchev–Trinajstić information content (AvgIpc) is 2.49. The minimum absolute atomic E-state index is 0.324. The van der Waals surface area contributed by atoms with Crippen molar-refractivity contribution in [2.45, 2.75) is 104 Å². The highest BCUT2D eigenvalue weighted by molar-refractivity contribution is 5.66. The van der Waals surface area contributed by atoms with Gasteiger partial charge >= 0.3 is 5.97 Å². The Morgan fingerprint density at radius 3 is 2.00 bits per heavy atom. The van der Waals surface area contributed by atoms with Gasteiger partial charge in [-0.05, 0) is 19.3 Å². The molecule has 0 aromatic rings. The van der Waals surface area contributed by atoms with Gasteiger partial charge in [0.2, 0.25) is 0 Å². The smallest absolute Gasteiger partial charge is 0.303 e. The number of hydrogen-bond acceptors (Lipinski definition) is 3. The molecule has 0 aliphatic carbocycles. The number of rotatable bonds is 12. The highest BCUT2D eigenvalue weighted by Gasteiger charge is 2.06. The Hall–Kier alpha value is -1.01. The Bertz CT molecular complexity index is 327. The third kappa shape index (κ3) is 13.9. The molecule has 0 aliphatic heterocycles. The summed E-state index contributed by atoms with van der Waals surface area (Å²) in [5, 5.41) is 9.81. The van der Waals surface area contributed by atoms with E-state index >= 15 is 0 Å². The summed E-state index contributed by atoms with van der Waals surface area (Å²) < 4.78 is 5.02. The lowest BCUT2D eigenvalue weighted by Crippen LogP contribution is -2.14. The van der Waals surface area contributed by atoms with Gasteiger partial charge in [0.15, 0.2) is 6.10 Å². The van der Waals surface area contributed by atoms with Gasteiger partial charge in [-0.15, -0.1) is 0 Å². The highest BCUT2D eigenvalue weighted by Crippen LogP contribution is 2.11. The lowest BCUT2D eigenvalue weighted by molar-refractivity contribution is -0.143. The van der Waals surface area contributed by atoms with Gasteiger partial charge < -0.3 is 9.84 Å². The van der Waals surface area contributed by atoms with Gasteiger partial charge in [-0.1, -0.05) is 77.1 Å². The third-order valence-corrected chi connectivity index (χ3v) is 3.67. The van der Waals surface area contributed by atoms with Crippen LogP contribution >= 0.6 is 0 Å². The Morgan fingerprint density at radius 1 is 0.955 bits per heavy atom. The van der Waals surface area contributed by atoms with Crippen LogP contribution in [0.4, 0.5) is 0 Å². The maximum Gasteiger partial charge on any atom is 0.303 e.